The lowest BCUT2D eigenvalue weighted by molar-refractivity contribution is -0.0917. The third kappa shape index (κ3) is 5.51. The van der Waals surface area contributed by atoms with Gasteiger partial charge in [0.25, 0.3) is 5.91 Å². The Morgan fingerprint density at radius 2 is 1.47 bits per heavy atom. The van der Waals surface area contributed by atoms with E-state index in [2.05, 4.69) is 45.5 Å². The summed E-state index contributed by atoms with van der Waals surface area (Å²) >= 11 is 0. The van der Waals surface area contributed by atoms with Crippen LogP contribution in [0.5, 0.6) is 0 Å². The number of ether oxygens (including phenoxy) is 1. The number of aliphatic hydroxyl groups excluding tert-OH is 1. The van der Waals surface area contributed by atoms with E-state index in [1.165, 1.54) is 4.57 Å². The molecule has 6 rings (SSSR count). The van der Waals surface area contributed by atoms with E-state index in [1.54, 1.807) is 36.5 Å². The van der Waals surface area contributed by atoms with Crippen LogP contribution in [0.3, 0.4) is 0 Å². The predicted octanol–water partition coefficient (Wildman–Crippen LogP) is 4.81. The van der Waals surface area contributed by atoms with Gasteiger partial charge in [-0.1, -0.05) is 103 Å². The molecule has 216 valence electrons. The summed E-state index contributed by atoms with van der Waals surface area (Å²) in [5, 5.41) is 13.2. The van der Waals surface area contributed by atoms with Crippen molar-refractivity contribution in [1.29, 1.82) is 0 Å². The highest BCUT2D eigenvalue weighted by Gasteiger charge is 2.45. The molecular formula is C35H32N4O4. The SMILES string of the molecule is O=C(Nc1ccn(C2CN(C(c3ccccc3)(c3ccccc3)c3ccccc3CO)CCO2)c(=O)n1)c1ccccc1. The Balaban J connectivity index is 1.40. The maximum absolute atomic E-state index is 13.3. The molecule has 1 aliphatic rings. The van der Waals surface area contributed by atoms with Gasteiger partial charge in [-0.05, 0) is 40.5 Å². The molecule has 0 aliphatic carbocycles. The molecule has 1 fully saturated rings. The van der Waals surface area contributed by atoms with E-state index in [1.807, 2.05) is 60.7 Å². The molecule has 1 amide bonds. The monoisotopic (exact) mass is 572 g/mol. The Bertz CT molecular complexity index is 1700. The number of nitrogens with one attached hydrogen (secondary N) is 1. The molecular weight excluding hydrogens is 540 g/mol. The van der Waals surface area contributed by atoms with Gasteiger partial charge in [-0.3, -0.25) is 14.3 Å². The predicted molar refractivity (Wildman–Crippen MR) is 165 cm³/mol. The van der Waals surface area contributed by atoms with Crippen molar-refractivity contribution in [3.8, 4) is 0 Å². The molecule has 4 aromatic carbocycles. The number of benzene rings is 4. The average molecular weight is 573 g/mol. The molecule has 1 atom stereocenters. The number of hydrogen-bond donors (Lipinski definition) is 2. The molecule has 8 heteroatoms. The van der Waals surface area contributed by atoms with Gasteiger partial charge in [0.2, 0.25) is 0 Å². The number of aliphatic hydroxyl groups is 1. The minimum atomic E-state index is -0.787. The van der Waals surface area contributed by atoms with E-state index >= 15 is 0 Å². The molecule has 1 saturated heterocycles. The van der Waals surface area contributed by atoms with Gasteiger partial charge in [0.15, 0.2) is 6.23 Å². The van der Waals surface area contributed by atoms with E-state index in [4.69, 9.17) is 4.74 Å². The first-order valence-corrected chi connectivity index (χ1v) is 14.2. The lowest BCUT2D eigenvalue weighted by Gasteiger charge is -2.49. The largest absolute Gasteiger partial charge is 0.392 e. The number of nitrogens with zero attached hydrogens (tertiary/aromatic N) is 3. The fraction of sp³-hybridized carbons (Fsp3) is 0.171. The number of rotatable bonds is 8. The second-order valence-electron chi connectivity index (χ2n) is 10.4. The summed E-state index contributed by atoms with van der Waals surface area (Å²) in [6.07, 6.45) is 0.971. The van der Waals surface area contributed by atoms with Gasteiger partial charge in [0.1, 0.15) is 5.82 Å². The van der Waals surface area contributed by atoms with Gasteiger partial charge in [0, 0.05) is 24.8 Å². The third-order valence-electron chi connectivity index (χ3n) is 7.90. The highest BCUT2D eigenvalue weighted by atomic mass is 16.5. The van der Waals surface area contributed by atoms with Gasteiger partial charge in [-0.15, -0.1) is 0 Å². The first kappa shape index (κ1) is 28.2. The normalized spacial score (nSPS) is 15.6. The number of carbonyl (C=O) groups is 1. The molecule has 1 aliphatic heterocycles. The highest BCUT2D eigenvalue weighted by Crippen LogP contribution is 2.45. The quantitative estimate of drug-likeness (QED) is 0.259. The Morgan fingerprint density at radius 3 is 2.09 bits per heavy atom. The minimum absolute atomic E-state index is 0.120. The lowest BCUT2D eigenvalue weighted by Crippen LogP contribution is -2.55. The van der Waals surface area contributed by atoms with Crippen LogP contribution in [0, 0.1) is 0 Å². The van der Waals surface area contributed by atoms with E-state index in [9.17, 15) is 14.7 Å². The summed E-state index contributed by atoms with van der Waals surface area (Å²) in [5.74, 6) is -0.175. The molecule has 0 bridgehead atoms. The van der Waals surface area contributed by atoms with E-state index in [-0.39, 0.29) is 18.3 Å². The van der Waals surface area contributed by atoms with Gasteiger partial charge >= 0.3 is 5.69 Å². The van der Waals surface area contributed by atoms with Crippen molar-refractivity contribution >= 4 is 11.7 Å². The second-order valence-corrected chi connectivity index (χ2v) is 10.4. The van der Waals surface area contributed by atoms with E-state index in [0.717, 1.165) is 22.3 Å². The van der Waals surface area contributed by atoms with Crippen LogP contribution in [0.15, 0.2) is 132 Å². The zero-order chi connectivity index (χ0) is 29.6. The minimum Gasteiger partial charge on any atom is -0.392 e. The third-order valence-corrected chi connectivity index (χ3v) is 7.90. The molecule has 0 spiro atoms. The van der Waals surface area contributed by atoms with Crippen LogP contribution in [-0.4, -0.2) is 45.2 Å². The number of amides is 1. The Hall–Kier alpha value is -4.89. The fourth-order valence-corrected chi connectivity index (χ4v) is 5.97. The summed E-state index contributed by atoms with van der Waals surface area (Å²) in [6, 6.07) is 38.8. The van der Waals surface area contributed by atoms with Crippen LogP contribution in [0.2, 0.25) is 0 Å². The molecule has 1 aromatic heterocycles. The number of hydrogen-bond acceptors (Lipinski definition) is 6. The number of anilines is 1. The van der Waals surface area contributed by atoms with Gasteiger partial charge in [0.05, 0.1) is 18.8 Å². The molecule has 1 unspecified atom stereocenters. The molecule has 43 heavy (non-hydrogen) atoms. The number of morpholine rings is 1. The van der Waals surface area contributed by atoms with Crippen LogP contribution in [-0.2, 0) is 16.9 Å². The first-order chi connectivity index (χ1) is 21.1. The lowest BCUT2D eigenvalue weighted by atomic mass is 9.73. The van der Waals surface area contributed by atoms with Crippen LogP contribution in [0.25, 0.3) is 0 Å². The Labute approximate surface area is 249 Å². The van der Waals surface area contributed by atoms with Crippen molar-refractivity contribution < 1.29 is 14.6 Å². The Morgan fingerprint density at radius 1 is 0.860 bits per heavy atom. The van der Waals surface area contributed by atoms with Crippen molar-refractivity contribution in [2.45, 2.75) is 18.4 Å². The summed E-state index contributed by atoms with van der Waals surface area (Å²) in [4.78, 5) is 32.4. The topological polar surface area (TPSA) is 96.7 Å². The molecule has 5 aromatic rings. The van der Waals surface area contributed by atoms with Crippen molar-refractivity contribution in [3.05, 3.63) is 166 Å². The maximum Gasteiger partial charge on any atom is 0.351 e. The Kier molecular flexibility index (Phi) is 8.24. The summed E-state index contributed by atoms with van der Waals surface area (Å²) in [5.41, 5.74) is 3.00. The molecule has 2 heterocycles. The van der Waals surface area contributed by atoms with Crippen LogP contribution < -0.4 is 11.0 Å². The number of aromatic nitrogens is 2. The zero-order valence-electron chi connectivity index (χ0n) is 23.5. The molecule has 8 nitrogen and oxygen atoms in total. The molecule has 0 saturated carbocycles. The van der Waals surface area contributed by atoms with Crippen LogP contribution >= 0.6 is 0 Å². The smallest absolute Gasteiger partial charge is 0.351 e. The van der Waals surface area contributed by atoms with E-state index in [0.29, 0.717) is 25.3 Å². The fourth-order valence-electron chi connectivity index (χ4n) is 5.97. The molecule has 2 N–H and O–H groups in total. The zero-order valence-corrected chi connectivity index (χ0v) is 23.5. The summed E-state index contributed by atoms with van der Waals surface area (Å²) in [6.45, 7) is 1.19. The maximum atomic E-state index is 13.3. The van der Waals surface area contributed by atoms with E-state index < -0.39 is 17.5 Å². The first-order valence-electron chi connectivity index (χ1n) is 14.2. The average Bonchev–Trinajstić information content (AvgIpc) is 3.07. The highest BCUT2D eigenvalue weighted by molar-refractivity contribution is 6.03. The van der Waals surface area contributed by atoms with Crippen LogP contribution in [0.4, 0.5) is 5.82 Å². The summed E-state index contributed by atoms with van der Waals surface area (Å²) < 4.78 is 7.63. The second kappa shape index (κ2) is 12.5. The van der Waals surface area contributed by atoms with Crippen molar-refractivity contribution in [1.82, 2.24) is 14.5 Å². The van der Waals surface area contributed by atoms with Gasteiger partial charge < -0.3 is 15.2 Å². The van der Waals surface area contributed by atoms with Crippen LogP contribution in [0.1, 0.15) is 38.8 Å². The van der Waals surface area contributed by atoms with Crippen molar-refractivity contribution in [2.75, 3.05) is 25.0 Å². The standard InChI is InChI=1S/C35H32N4O4/c40-25-27-14-10-11-19-30(27)35(28-15-6-2-7-16-28,29-17-8-3-9-18-29)38-22-23-43-32(24-38)39-21-20-31(37-34(39)42)36-33(41)26-12-4-1-5-13-26/h1-21,32,40H,22-25H2,(H,36,37,41,42). The number of carbonyl (C=O) groups excluding carboxylic acids is 1. The molecule has 0 radical (unpaired) electrons. The van der Waals surface area contributed by atoms with Crippen molar-refractivity contribution in [3.63, 3.8) is 0 Å². The van der Waals surface area contributed by atoms with Crippen molar-refractivity contribution in [2.24, 2.45) is 0 Å². The van der Waals surface area contributed by atoms with Gasteiger partial charge in [-0.25, -0.2) is 4.79 Å². The summed E-state index contributed by atoms with van der Waals surface area (Å²) in [7, 11) is 0. The van der Waals surface area contributed by atoms with Gasteiger partial charge in [-0.2, -0.15) is 4.98 Å².